The van der Waals surface area contributed by atoms with Crippen LogP contribution in [0.25, 0.3) is 0 Å². The molecule has 21 heavy (non-hydrogen) atoms. The van der Waals surface area contributed by atoms with Crippen LogP contribution in [0.1, 0.15) is 39.7 Å². The van der Waals surface area contributed by atoms with E-state index >= 15 is 0 Å². The Kier molecular flexibility index (Phi) is 8.30. The summed E-state index contributed by atoms with van der Waals surface area (Å²) in [5.41, 5.74) is 0.119. The van der Waals surface area contributed by atoms with Crippen LogP contribution in [0.15, 0.2) is 24.3 Å². The molecule has 0 saturated heterocycles. The molecule has 2 unspecified atom stereocenters. The third kappa shape index (κ3) is 5.50. The number of aliphatic hydroxyl groups is 1. The molecule has 1 N–H and O–H groups in total. The van der Waals surface area contributed by atoms with Crippen LogP contribution in [-0.4, -0.2) is 36.8 Å². The van der Waals surface area contributed by atoms with Crippen LogP contribution in [0.5, 0.6) is 5.75 Å². The quantitative estimate of drug-likeness (QED) is 0.833. The van der Waals surface area contributed by atoms with Crippen molar-refractivity contribution in [2.45, 2.75) is 45.8 Å². The molecule has 0 saturated carbocycles. The minimum Gasteiger partial charge on any atom is -0.491 e. The van der Waals surface area contributed by atoms with Crippen molar-refractivity contribution in [2.24, 2.45) is 5.92 Å². The molecule has 1 aromatic rings. The molecule has 0 spiro atoms. The van der Waals surface area contributed by atoms with Crippen molar-refractivity contribution >= 4 is 12.4 Å². The Bertz CT molecular complexity index is 423. The number of rotatable bonds is 7. The molecule has 1 rings (SSSR count). The van der Waals surface area contributed by atoms with Crippen LogP contribution in [-0.2, 0) is 5.60 Å². The lowest BCUT2D eigenvalue weighted by atomic mass is 9.80. The lowest BCUT2D eigenvalue weighted by Crippen LogP contribution is -2.38. The van der Waals surface area contributed by atoms with E-state index < -0.39 is 5.60 Å². The van der Waals surface area contributed by atoms with Gasteiger partial charge >= 0.3 is 0 Å². The van der Waals surface area contributed by atoms with Gasteiger partial charge in [0.2, 0.25) is 0 Å². The average Bonchev–Trinajstić information content (AvgIpc) is 2.36. The highest BCUT2D eigenvalue weighted by Crippen LogP contribution is 2.35. The predicted molar refractivity (Wildman–Crippen MR) is 91.4 cm³/mol. The van der Waals surface area contributed by atoms with Crippen LogP contribution in [0.4, 0.5) is 0 Å². The summed E-state index contributed by atoms with van der Waals surface area (Å²) < 4.78 is 5.73. The van der Waals surface area contributed by atoms with E-state index in [9.17, 15) is 5.11 Å². The van der Waals surface area contributed by atoms with Gasteiger partial charge in [-0.3, -0.25) is 0 Å². The Labute approximate surface area is 135 Å². The van der Waals surface area contributed by atoms with Crippen LogP contribution in [0.3, 0.4) is 0 Å². The van der Waals surface area contributed by atoms with Gasteiger partial charge in [-0.25, -0.2) is 0 Å². The molecule has 0 radical (unpaired) electrons. The fraction of sp³-hybridized carbons (Fsp3) is 0.647. The van der Waals surface area contributed by atoms with Gasteiger partial charge in [-0.05, 0) is 52.1 Å². The minimum atomic E-state index is -0.819. The molecule has 0 amide bonds. The molecule has 0 bridgehead atoms. The van der Waals surface area contributed by atoms with Crippen molar-refractivity contribution in [1.29, 1.82) is 0 Å². The van der Waals surface area contributed by atoms with Gasteiger partial charge in [0.15, 0.2) is 0 Å². The second-order valence-corrected chi connectivity index (χ2v) is 6.14. The molecular weight excluding hydrogens is 286 g/mol. The second kappa shape index (κ2) is 8.62. The van der Waals surface area contributed by atoms with Crippen LogP contribution in [0.2, 0.25) is 0 Å². The number of halogens is 1. The van der Waals surface area contributed by atoms with E-state index in [1.54, 1.807) is 0 Å². The average molecular weight is 316 g/mol. The number of hydrogen-bond acceptors (Lipinski definition) is 3. The fourth-order valence-corrected chi connectivity index (χ4v) is 2.65. The zero-order valence-electron chi connectivity index (χ0n) is 14.1. The molecule has 0 heterocycles. The van der Waals surface area contributed by atoms with Gasteiger partial charge in [0.25, 0.3) is 0 Å². The van der Waals surface area contributed by atoms with E-state index in [0.29, 0.717) is 6.42 Å². The summed E-state index contributed by atoms with van der Waals surface area (Å²) >= 11 is 0. The Morgan fingerprint density at radius 3 is 2.33 bits per heavy atom. The lowest BCUT2D eigenvalue weighted by molar-refractivity contribution is -0.0293. The van der Waals surface area contributed by atoms with Crippen molar-refractivity contribution in [3.8, 4) is 5.75 Å². The van der Waals surface area contributed by atoms with Gasteiger partial charge in [-0.15, -0.1) is 12.4 Å². The first-order chi connectivity index (χ1) is 9.29. The first-order valence-corrected chi connectivity index (χ1v) is 7.44. The third-order valence-corrected chi connectivity index (χ3v) is 3.70. The molecule has 0 aliphatic carbocycles. The van der Waals surface area contributed by atoms with Gasteiger partial charge < -0.3 is 14.7 Å². The van der Waals surface area contributed by atoms with E-state index in [2.05, 4.69) is 11.8 Å². The SMILES string of the molecule is CCC(O)(c1cccc(OC(C)C)c1)C(C)CN(C)C.Cl. The maximum absolute atomic E-state index is 11.1. The molecule has 0 aromatic heterocycles. The van der Waals surface area contributed by atoms with E-state index in [0.717, 1.165) is 17.9 Å². The Morgan fingerprint density at radius 2 is 1.86 bits per heavy atom. The lowest BCUT2D eigenvalue weighted by Gasteiger charge is -2.35. The van der Waals surface area contributed by atoms with E-state index in [1.165, 1.54) is 0 Å². The monoisotopic (exact) mass is 315 g/mol. The molecule has 3 nitrogen and oxygen atoms in total. The number of ether oxygens (including phenoxy) is 1. The Hall–Kier alpha value is -0.770. The van der Waals surface area contributed by atoms with Gasteiger partial charge in [0.1, 0.15) is 5.75 Å². The van der Waals surface area contributed by atoms with Gasteiger partial charge in [-0.2, -0.15) is 0 Å². The highest BCUT2D eigenvalue weighted by Gasteiger charge is 2.34. The number of nitrogens with zero attached hydrogens (tertiary/aromatic N) is 1. The first kappa shape index (κ1) is 20.2. The van der Waals surface area contributed by atoms with E-state index in [-0.39, 0.29) is 24.4 Å². The van der Waals surface area contributed by atoms with Crippen LogP contribution < -0.4 is 4.74 Å². The van der Waals surface area contributed by atoms with Crippen molar-refractivity contribution in [3.63, 3.8) is 0 Å². The van der Waals surface area contributed by atoms with Gasteiger partial charge in [0, 0.05) is 12.5 Å². The van der Waals surface area contributed by atoms with Crippen molar-refractivity contribution < 1.29 is 9.84 Å². The second-order valence-electron chi connectivity index (χ2n) is 6.14. The van der Waals surface area contributed by atoms with Crippen molar-refractivity contribution in [1.82, 2.24) is 4.90 Å². The van der Waals surface area contributed by atoms with Gasteiger partial charge in [-0.1, -0.05) is 26.0 Å². The largest absolute Gasteiger partial charge is 0.491 e. The molecular formula is C17H30ClNO2. The maximum Gasteiger partial charge on any atom is 0.120 e. The summed E-state index contributed by atoms with van der Waals surface area (Å²) in [6, 6.07) is 7.85. The molecule has 2 atom stereocenters. The highest BCUT2D eigenvalue weighted by atomic mass is 35.5. The standard InChI is InChI=1S/C17H29NO2.ClH/c1-7-17(19,14(4)12-18(5)6)15-9-8-10-16(11-15)20-13(2)3;/h8-11,13-14,19H,7,12H2,1-6H3;1H. The molecule has 4 heteroatoms. The normalized spacial score (nSPS) is 15.5. The van der Waals surface area contributed by atoms with E-state index in [4.69, 9.17) is 4.74 Å². The molecule has 1 aromatic carbocycles. The minimum absolute atomic E-state index is 0. The van der Waals surface area contributed by atoms with Crippen LogP contribution in [0, 0.1) is 5.92 Å². The van der Waals surface area contributed by atoms with Crippen molar-refractivity contribution in [2.75, 3.05) is 20.6 Å². The summed E-state index contributed by atoms with van der Waals surface area (Å²) in [6.07, 6.45) is 0.826. The van der Waals surface area contributed by atoms with Gasteiger partial charge in [0.05, 0.1) is 11.7 Å². The van der Waals surface area contributed by atoms with Crippen molar-refractivity contribution in [3.05, 3.63) is 29.8 Å². The summed E-state index contributed by atoms with van der Waals surface area (Å²) in [5, 5.41) is 11.1. The summed E-state index contributed by atoms with van der Waals surface area (Å²) in [6.45, 7) is 8.99. The molecule has 0 aliphatic heterocycles. The summed E-state index contributed by atoms with van der Waals surface area (Å²) in [7, 11) is 4.07. The summed E-state index contributed by atoms with van der Waals surface area (Å²) in [5.74, 6) is 0.971. The number of benzene rings is 1. The zero-order chi connectivity index (χ0) is 15.3. The smallest absolute Gasteiger partial charge is 0.120 e. The predicted octanol–water partition coefficient (Wildman–Crippen LogP) is 3.69. The Balaban J connectivity index is 0.00000400. The molecule has 0 aliphatic rings. The highest BCUT2D eigenvalue weighted by molar-refractivity contribution is 5.85. The maximum atomic E-state index is 11.1. The van der Waals surface area contributed by atoms with Crippen LogP contribution >= 0.6 is 12.4 Å². The molecule has 0 fully saturated rings. The molecule has 122 valence electrons. The third-order valence-electron chi connectivity index (χ3n) is 3.70. The number of hydrogen-bond donors (Lipinski definition) is 1. The fourth-order valence-electron chi connectivity index (χ4n) is 2.65. The topological polar surface area (TPSA) is 32.7 Å². The van der Waals surface area contributed by atoms with E-state index in [1.807, 2.05) is 59.1 Å². The summed E-state index contributed by atoms with van der Waals surface area (Å²) in [4.78, 5) is 2.11. The Morgan fingerprint density at radius 1 is 1.24 bits per heavy atom. The zero-order valence-corrected chi connectivity index (χ0v) is 14.9. The first-order valence-electron chi connectivity index (χ1n) is 7.44.